The maximum absolute atomic E-state index is 6.36. The van der Waals surface area contributed by atoms with Crippen molar-refractivity contribution >= 4 is 44.7 Å². The Morgan fingerprint density at radius 1 is 1.17 bits per heavy atom. The van der Waals surface area contributed by atoms with Crippen molar-refractivity contribution in [2.75, 3.05) is 31.6 Å². The van der Waals surface area contributed by atoms with Gasteiger partial charge in [-0.05, 0) is 55.9 Å². The zero-order valence-corrected chi connectivity index (χ0v) is 18.2. The lowest BCUT2D eigenvalue weighted by atomic mass is 9.97. The average Bonchev–Trinajstić information content (AvgIpc) is 3.10. The van der Waals surface area contributed by atoms with Gasteiger partial charge in [0.05, 0.1) is 25.1 Å². The fourth-order valence-corrected chi connectivity index (χ4v) is 5.59. The molecule has 1 fully saturated rings. The van der Waals surface area contributed by atoms with Crippen molar-refractivity contribution in [3.63, 3.8) is 0 Å². The van der Waals surface area contributed by atoms with E-state index in [1.807, 2.05) is 30.4 Å². The summed E-state index contributed by atoms with van der Waals surface area (Å²) in [6, 6.07) is 6.09. The van der Waals surface area contributed by atoms with Crippen LogP contribution in [0.2, 0.25) is 5.02 Å². The number of rotatable bonds is 4. The molecule has 29 heavy (non-hydrogen) atoms. The SMILES string of the molecule is Cc1ccc(Nc2nc(CN3CCOCC3)nc3sc4c(c23)CCCC4)cc1Cl. The second-order valence-electron chi connectivity index (χ2n) is 7.86. The summed E-state index contributed by atoms with van der Waals surface area (Å²) in [5.74, 6) is 1.79. The third kappa shape index (κ3) is 3.99. The smallest absolute Gasteiger partial charge is 0.146 e. The number of halogens is 1. The third-order valence-electron chi connectivity index (χ3n) is 5.76. The van der Waals surface area contributed by atoms with E-state index in [1.165, 1.54) is 28.7 Å². The third-order valence-corrected chi connectivity index (χ3v) is 7.36. The fraction of sp³-hybridized carbons (Fsp3) is 0.455. The number of ether oxygens (including phenoxy) is 1. The van der Waals surface area contributed by atoms with E-state index in [1.54, 1.807) is 0 Å². The molecule has 0 atom stereocenters. The molecule has 7 heteroatoms. The van der Waals surface area contributed by atoms with Crippen LogP contribution in [0, 0.1) is 6.92 Å². The molecule has 0 saturated carbocycles. The Balaban J connectivity index is 1.56. The van der Waals surface area contributed by atoms with E-state index in [9.17, 15) is 0 Å². The van der Waals surface area contributed by atoms with Crippen molar-refractivity contribution in [1.29, 1.82) is 0 Å². The Labute approximate surface area is 180 Å². The number of nitrogens with one attached hydrogen (secondary N) is 1. The summed E-state index contributed by atoms with van der Waals surface area (Å²) in [5.41, 5.74) is 3.48. The molecule has 0 bridgehead atoms. The molecule has 1 aliphatic carbocycles. The van der Waals surface area contributed by atoms with Gasteiger partial charge in [-0.25, -0.2) is 9.97 Å². The number of anilines is 2. The molecule has 1 N–H and O–H groups in total. The highest BCUT2D eigenvalue weighted by atomic mass is 35.5. The number of nitrogens with zero attached hydrogens (tertiary/aromatic N) is 3. The summed E-state index contributed by atoms with van der Waals surface area (Å²) in [4.78, 5) is 14.9. The van der Waals surface area contributed by atoms with Gasteiger partial charge in [-0.1, -0.05) is 17.7 Å². The standard InChI is InChI=1S/C22H25ClN4OS/c1-14-6-7-15(12-17(14)23)24-21-20-16-4-2-3-5-18(16)29-22(20)26-19(25-21)13-27-8-10-28-11-9-27/h6-7,12H,2-5,8-11,13H2,1H3,(H,24,25,26). The van der Waals surface area contributed by atoms with Crippen LogP contribution in [0.3, 0.4) is 0 Å². The molecule has 5 nitrogen and oxygen atoms in total. The van der Waals surface area contributed by atoms with E-state index >= 15 is 0 Å². The first-order chi connectivity index (χ1) is 14.2. The van der Waals surface area contributed by atoms with Crippen molar-refractivity contribution < 1.29 is 4.74 Å². The molecule has 2 aromatic heterocycles. The topological polar surface area (TPSA) is 50.3 Å². The molecule has 3 aromatic rings. The molecule has 5 rings (SSSR count). The van der Waals surface area contributed by atoms with Crippen LogP contribution < -0.4 is 5.32 Å². The number of hydrogen-bond acceptors (Lipinski definition) is 6. The highest BCUT2D eigenvalue weighted by molar-refractivity contribution is 7.19. The van der Waals surface area contributed by atoms with E-state index in [0.717, 1.165) is 78.4 Å². The predicted octanol–water partition coefficient (Wildman–Crippen LogP) is 5.11. The van der Waals surface area contributed by atoms with Gasteiger partial charge in [-0.2, -0.15) is 0 Å². The van der Waals surface area contributed by atoms with E-state index in [2.05, 4.69) is 16.3 Å². The highest BCUT2D eigenvalue weighted by Gasteiger charge is 2.22. The Kier molecular flexibility index (Phi) is 5.43. The van der Waals surface area contributed by atoms with Crippen LogP contribution in [0.1, 0.15) is 34.7 Å². The van der Waals surface area contributed by atoms with Crippen LogP contribution in [-0.4, -0.2) is 41.2 Å². The molecular weight excluding hydrogens is 404 g/mol. The van der Waals surface area contributed by atoms with E-state index in [4.69, 9.17) is 26.3 Å². The van der Waals surface area contributed by atoms with Crippen molar-refractivity contribution in [3.05, 3.63) is 45.1 Å². The van der Waals surface area contributed by atoms with Crippen molar-refractivity contribution in [3.8, 4) is 0 Å². The number of benzene rings is 1. The van der Waals surface area contributed by atoms with Gasteiger partial charge < -0.3 is 10.1 Å². The number of hydrogen-bond donors (Lipinski definition) is 1. The summed E-state index contributed by atoms with van der Waals surface area (Å²) in [7, 11) is 0. The summed E-state index contributed by atoms with van der Waals surface area (Å²) < 4.78 is 5.48. The van der Waals surface area contributed by atoms with Crippen LogP contribution >= 0.6 is 22.9 Å². The van der Waals surface area contributed by atoms with Crippen molar-refractivity contribution in [2.45, 2.75) is 39.2 Å². The van der Waals surface area contributed by atoms with E-state index in [-0.39, 0.29) is 0 Å². The fourth-order valence-electron chi connectivity index (χ4n) is 4.13. The Morgan fingerprint density at radius 2 is 2.00 bits per heavy atom. The average molecular weight is 429 g/mol. The van der Waals surface area contributed by atoms with Gasteiger partial charge >= 0.3 is 0 Å². The van der Waals surface area contributed by atoms with Gasteiger partial charge in [-0.15, -0.1) is 11.3 Å². The monoisotopic (exact) mass is 428 g/mol. The van der Waals surface area contributed by atoms with E-state index < -0.39 is 0 Å². The molecule has 0 radical (unpaired) electrons. The normalized spacial score (nSPS) is 17.4. The lowest BCUT2D eigenvalue weighted by molar-refractivity contribution is 0.0331. The first-order valence-electron chi connectivity index (χ1n) is 10.3. The second-order valence-corrected chi connectivity index (χ2v) is 9.35. The lowest BCUT2D eigenvalue weighted by Gasteiger charge is -2.25. The highest BCUT2D eigenvalue weighted by Crippen LogP contribution is 2.39. The van der Waals surface area contributed by atoms with E-state index in [0.29, 0.717) is 0 Å². The van der Waals surface area contributed by atoms with Crippen LogP contribution in [0.5, 0.6) is 0 Å². The quantitative estimate of drug-likeness (QED) is 0.625. The first-order valence-corrected chi connectivity index (χ1v) is 11.5. The van der Waals surface area contributed by atoms with Gasteiger partial charge in [0.25, 0.3) is 0 Å². The number of aryl methyl sites for hydroxylation is 3. The molecule has 1 saturated heterocycles. The molecule has 2 aliphatic rings. The van der Waals surface area contributed by atoms with Crippen molar-refractivity contribution in [2.24, 2.45) is 0 Å². The Morgan fingerprint density at radius 3 is 2.83 bits per heavy atom. The minimum atomic E-state index is 0.755. The maximum Gasteiger partial charge on any atom is 0.146 e. The summed E-state index contributed by atoms with van der Waals surface area (Å²) in [5, 5.41) is 5.52. The molecule has 1 aromatic carbocycles. The largest absolute Gasteiger partial charge is 0.379 e. The number of fused-ring (bicyclic) bond motifs is 3. The Hall–Kier alpha value is -1.73. The molecule has 0 unspecified atom stereocenters. The zero-order chi connectivity index (χ0) is 19.8. The summed E-state index contributed by atoms with van der Waals surface area (Å²) in [6.45, 7) is 6.19. The second kappa shape index (κ2) is 8.19. The van der Waals surface area contributed by atoms with Crippen molar-refractivity contribution in [1.82, 2.24) is 14.9 Å². The van der Waals surface area contributed by atoms with Crippen LogP contribution in [0.4, 0.5) is 11.5 Å². The zero-order valence-electron chi connectivity index (χ0n) is 16.6. The predicted molar refractivity (Wildman–Crippen MR) is 120 cm³/mol. The summed E-state index contributed by atoms with van der Waals surface area (Å²) in [6.07, 6.45) is 4.78. The maximum atomic E-state index is 6.36. The molecule has 152 valence electrons. The Bertz CT molecular complexity index is 1040. The van der Waals surface area contributed by atoms with Crippen LogP contribution in [0.15, 0.2) is 18.2 Å². The summed E-state index contributed by atoms with van der Waals surface area (Å²) >= 11 is 8.21. The number of morpholine rings is 1. The minimum Gasteiger partial charge on any atom is -0.379 e. The molecule has 0 spiro atoms. The van der Waals surface area contributed by atoms with Gasteiger partial charge in [0.15, 0.2) is 0 Å². The van der Waals surface area contributed by atoms with Gasteiger partial charge in [0, 0.05) is 28.7 Å². The lowest BCUT2D eigenvalue weighted by Crippen LogP contribution is -2.36. The van der Waals surface area contributed by atoms with Crippen LogP contribution in [-0.2, 0) is 24.1 Å². The van der Waals surface area contributed by atoms with Gasteiger partial charge in [0.1, 0.15) is 16.5 Å². The molecule has 3 heterocycles. The molecule has 0 amide bonds. The first kappa shape index (κ1) is 19.2. The van der Waals surface area contributed by atoms with Gasteiger partial charge in [0.2, 0.25) is 0 Å². The number of aromatic nitrogens is 2. The minimum absolute atomic E-state index is 0.755. The molecule has 1 aliphatic heterocycles. The van der Waals surface area contributed by atoms with Crippen LogP contribution in [0.25, 0.3) is 10.2 Å². The number of thiophene rings is 1. The molecular formula is C22H25ClN4OS. The van der Waals surface area contributed by atoms with Gasteiger partial charge in [-0.3, -0.25) is 4.90 Å².